The summed E-state index contributed by atoms with van der Waals surface area (Å²) >= 11 is 0. The summed E-state index contributed by atoms with van der Waals surface area (Å²) in [5.41, 5.74) is 0. The van der Waals surface area contributed by atoms with Gasteiger partial charge < -0.3 is 0 Å². The lowest BCUT2D eigenvalue weighted by Gasteiger charge is -2.44. The van der Waals surface area contributed by atoms with E-state index in [9.17, 15) is 0 Å². The molecule has 0 aromatic rings. The molecule has 0 amide bonds. The fourth-order valence-electron chi connectivity index (χ4n) is 27.9. The zero-order valence-corrected chi connectivity index (χ0v) is 89.9. The molecule has 25 atom stereocenters. The van der Waals surface area contributed by atoms with E-state index in [-0.39, 0.29) is 0 Å². The molecule has 24 aliphatic carbocycles. The van der Waals surface area contributed by atoms with Crippen molar-refractivity contribution in [3.63, 3.8) is 0 Å². The molecule has 0 spiro atoms. The molecule has 0 heteroatoms. The van der Waals surface area contributed by atoms with Crippen molar-refractivity contribution in [1.29, 1.82) is 0 Å². The van der Waals surface area contributed by atoms with Crippen LogP contribution in [0.5, 0.6) is 0 Å². The highest BCUT2D eigenvalue weighted by Gasteiger charge is 2.47. The summed E-state index contributed by atoms with van der Waals surface area (Å²) < 4.78 is 0. The zero-order chi connectivity index (χ0) is 89.9. The van der Waals surface area contributed by atoms with Gasteiger partial charge in [-0.1, -0.05) is 396 Å². The molecule has 0 aliphatic heterocycles. The van der Waals surface area contributed by atoms with Crippen molar-refractivity contribution < 1.29 is 0 Å². The van der Waals surface area contributed by atoms with Crippen LogP contribution in [0.2, 0.25) is 0 Å². The summed E-state index contributed by atoms with van der Waals surface area (Å²) in [6, 6.07) is 0. The van der Waals surface area contributed by atoms with E-state index in [1.54, 1.807) is 77.0 Å². The number of hydrogen-bond donors (Lipinski definition) is 0. The Morgan fingerprint density at radius 1 is 0.0960 bits per heavy atom. The van der Waals surface area contributed by atoms with E-state index in [2.05, 4.69) is 152 Å². The molecule has 0 saturated heterocycles. The molecule has 0 nitrogen and oxygen atoms in total. The maximum atomic E-state index is 2.46. The Morgan fingerprint density at radius 2 is 0.232 bits per heavy atom. The first-order valence-electron chi connectivity index (χ1n) is 60.1. The fourth-order valence-corrected chi connectivity index (χ4v) is 27.9. The maximum absolute atomic E-state index is 2.46. The molecule has 0 aromatic heterocycles. The summed E-state index contributed by atoms with van der Waals surface area (Å²) in [6.07, 6.45) is 98.3. The van der Waals surface area contributed by atoms with Crippen LogP contribution in [-0.4, -0.2) is 0 Å². The SMILES string of the molecule is C1CC1.C1CCC1.C1CCC1.C1CCCCC1.CC1CC(C2CC2)C1.CC1CC(C2CC2)C1.CC1CC(C2CC2)C1.CC1CCC(C2CC(C)C2C)C1.CC1CCC(C2CC(C)C2C)C1.CC1CCC(C2CC(C)C2C)C1.CC1CCC(C2CC(C)C2C)C1.CC1CCC(C2CC(C)C2C)C1.CC1CCC1.CC1CCC1.CC1CCCCC1.CC1CCCCC1. The van der Waals surface area contributed by atoms with Crippen LogP contribution in [0.4, 0.5) is 0 Å². The number of rotatable bonds is 8. The smallest absolute Gasteiger partial charge is 0.0355 e. The van der Waals surface area contributed by atoms with Gasteiger partial charge in [-0.3, -0.25) is 0 Å². The predicted molar refractivity (Wildman–Crippen MR) is 558 cm³/mol. The Morgan fingerprint density at radius 3 is 0.320 bits per heavy atom. The van der Waals surface area contributed by atoms with Crippen LogP contribution in [0.3, 0.4) is 0 Å². The van der Waals surface area contributed by atoms with Crippen LogP contribution in [0.1, 0.15) is 570 Å². The van der Waals surface area contributed by atoms with E-state index < -0.39 is 0 Å². The molecule has 0 radical (unpaired) electrons. The van der Waals surface area contributed by atoms with E-state index in [1.807, 2.05) is 0 Å². The monoisotopic (exact) mass is 1740 g/mol. The van der Waals surface area contributed by atoms with E-state index in [0.717, 1.165) is 189 Å². The molecule has 125 heavy (non-hydrogen) atoms. The van der Waals surface area contributed by atoms with Crippen molar-refractivity contribution in [2.45, 2.75) is 570 Å². The number of hydrogen-bond acceptors (Lipinski definition) is 0. The van der Waals surface area contributed by atoms with Gasteiger partial charge in [-0.25, -0.2) is 0 Å². The summed E-state index contributed by atoms with van der Waals surface area (Å²) in [4.78, 5) is 0. The van der Waals surface area contributed by atoms with Crippen LogP contribution < -0.4 is 0 Å². The highest BCUT2D eigenvalue weighted by Crippen LogP contribution is 2.57. The second-order valence-corrected chi connectivity index (χ2v) is 53.7. The minimum atomic E-state index is 1.02. The molecule has 0 heterocycles. The Balaban J connectivity index is 0.000000153. The van der Waals surface area contributed by atoms with Crippen LogP contribution in [-0.2, 0) is 0 Å². The molecule has 25 unspecified atom stereocenters. The summed E-state index contributed by atoms with van der Waals surface area (Å²) in [5.74, 6) is 40.9. The molecule has 24 saturated carbocycles. The van der Waals surface area contributed by atoms with Gasteiger partial charge in [0.1, 0.15) is 0 Å². The lowest BCUT2D eigenvalue weighted by molar-refractivity contribution is 0.0492. The van der Waals surface area contributed by atoms with Gasteiger partial charge in [-0.05, 0) is 398 Å². The first kappa shape index (κ1) is 109. The van der Waals surface area contributed by atoms with E-state index in [4.69, 9.17) is 0 Å². The van der Waals surface area contributed by atoms with Crippen molar-refractivity contribution in [3.8, 4) is 0 Å². The van der Waals surface area contributed by atoms with E-state index in [1.165, 1.54) is 376 Å². The van der Waals surface area contributed by atoms with Crippen molar-refractivity contribution in [3.05, 3.63) is 0 Å². The van der Waals surface area contributed by atoms with Crippen molar-refractivity contribution in [1.82, 2.24) is 0 Å². The van der Waals surface area contributed by atoms with Crippen LogP contribution in [0, 0.1) is 225 Å². The van der Waals surface area contributed by atoms with Crippen molar-refractivity contribution in [2.24, 2.45) is 225 Å². The van der Waals surface area contributed by atoms with Gasteiger partial charge in [-0.15, -0.1) is 0 Å². The molecule has 24 aliphatic rings. The molecule has 734 valence electrons. The van der Waals surface area contributed by atoms with Gasteiger partial charge in [0.15, 0.2) is 0 Å². The first-order valence-corrected chi connectivity index (χ1v) is 60.1. The fraction of sp³-hybridized carbons (Fsp3) is 1.00. The van der Waals surface area contributed by atoms with Crippen molar-refractivity contribution in [2.75, 3.05) is 0 Å². The second kappa shape index (κ2) is 58.5. The summed E-state index contributed by atoms with van der Waals surface area (Å²) in [7, 11) is 0. The van der Waals surface area contributed by atoms with Crippen LogP contribution in [0.25, 0.3) is 0 Å². The molecule has 0 aromatic carbocycles. The van der Waals surface area contributed by atoms with Gasteiger partial charge >= 0.3 is 0 Å². The average molecular weight is 1740 g/mol. The molecular formula is C125H234. The summed E-state index contributed by atoms with van der Waals surface area (Å²) in [6.45, 7) is 53.0. The van der Waals surface area contributed by atoms with Gasteiger partial charge in [0.05, 0.1) is 0 Å². The van der Waals surface area contributed by atoms with Crippen LogP contribution in [0.15, 0.2) is 0 Å². The standard InChI is InChI=1S/5C12H22.3C8H14.2C7H14.C6H12.2C5H10.2C4H8.C3H6/c5*1-8-4-5-11(6-8)12-7-9(2)10(12)3;3*1-6-4-8(5-6)7-2-3-7;2*1-7-5-3-2-4-6-7;1-2-4-6-5-3-1;2*1-5-3-2-4-5;2*1-2-4-3-1;1-2-3-1/h5*8-12H,4-7H2,1-3H3;3*6-8H,2-5H2,1H3;2*7H,2-6H2,1H3;1-6H2;2*5H,2-4H2,1H3;2*1-4H2;1-3H2. The van der Waals surface area contributed by atoms with Gasteiger partial charge in [-0.2, -0.15) is 0 Å². The second-order valence-electron chi connectivity index (χ2n) is 53.7. The van der Waals surface area contributed by atoms with E-state index in [0.29, 0.717) is 0 Å². The van der Waals surface area contributed by atoms with Gasteiger partial charge in [0.2, 0.25) is 0 Å². The average Bonchev–Trinajstić information content (AvgIpc) is 1.63. The zero-order valence-electron chi connectivity index (χ0n) is 89.9. The van der Waals surface area contributed by atoms with E-state index >= 15 is 0 Å². The third-order valence-electron chi connectivity index (χ3n) is 41.3. The molecule has 0 bridgehead atoms. The Bertz CT molecular complexity index is 2260. The quantitative estimate of drug-likeness (QED) is 0.227. The summed E-state index contributed by atoms with van der Waals surface area (Å²) in [5, 5.41) is 0. The van der Waals surface area contributed by atoms with Crippen LogP contribution >= 0.6 is 0 Å². The topological polar surface area (TPSA) is 0 Å². The highest BCUT2D eigenvalue weighted by molar-refractivity contribution is 4.97. The lowest BCUT2D eigenvalue weighted by atomic mass is 9.61. The Hall–Kier alpha value is 0. The third kappa shape index (κ3) is 40.7. The predicted octanol–water partition coefficient (Wildman–Crippen LogP) is 41.3. The Labute approximate surface area is 789 Å². The first-order chi connectivity index (χ1) is 60.1. The molecular weight excluding hydrogens is 1500 g/mol. The lowest BCUT2D eigenvalue weighted by Crippen LogP contribution is -2.37. The third-order valence-corrected chi connectivity index (χ3v) is 41.3. The van der Waals surface area contributed by atoms with Crippen molar-refractivity contribution >= 4 is 0 Å². The van der Waals surface area contributed by atoms with Gasteiger partial charge in [0, 0.05) is 0 Å². The normalized spacial score (nSPS) is 42.8. The molecule has 24 rings (SSSR count). The maximum Gasteiger partial charge on any atom is -0.0355 e. The minimum absolute atomic E-state index is 1.02. The Kier molecular flexibility index (Phi) is 50.9. The largest absolute Gasteiger partial charge is 0.0625 e. The highest BCUT2D eigenvalue weighted by atomic mass is 14.5. The minimum Gasteiger partial charge on any atom is -0.0625 e. The molecule has 24 fully saturated rings. The molecule has 0 N–H and O–H groups in total. The van der Waals surface area contributed by atoms with Gasteiger partial charge in [0.25, 0.3) is 0 Å².